The first-order chi connectivity index (χ1) is 8.97. The first kappa shape index (κ1) is 15.4. The first-order valence-electron chi connectivity index (χ1n) is 6.49. The fourth-order valence-electron chi connectivity index (χ4n) is 1.98. The van der Waals surface area contributed by atoms with E-state index in [0.717, 1.165) is 12.0 Å². The largest absolute Gasteiger partial charge is 0.274 e. The molecule has 0 spiro atoms. The molecule has 1 aromatic rings. The van der Waals surface area contributed by atoms with Gasteiger partial charge < -0.3 is 0 Å². The van der Waals surface area contributed by atoms with Gasteiger partial charge in [0.05, 0.1) is 13.2 Å². The number of amides is 1. The summed E-state index contributed by atoms with van der Waals surface area (Å²) >= 11 is 0. The van der Waals surface area contributed by atoms with E-state index < -0.39 is 0 Å². The molecule has 1 aromatic carbocycles. The maximum atomic E-state index is 11.7. The van der Waals surface area contributed by atoms with Crippen LogP contribution in [0.3, 0.4) is 0 Å². The fraction of sp³-hybridized carbons (Fsp3) is 0.438. The second-order valence-corrected chi connectivity index (χ2v) is 4.94. The SMILES string of the molecule is CON(C(C)=O)C(CC(C)=C(C)C)c1ccccc1. The topological polar surface area (TPSA) is 29.5 Å². The molecule has 0 radical (unpaired) electrons. The lowest BCUT2D eigenvalue weighted by atomic mass is 9.97. The van der Waals surface area contributed by atoms with E-state index in [4.69, 9.17) is 4.84 Å². The average Bonchev–Trinajstić information content (AvgIpc) is 2.38. The van der Waals surface area contributed by atoms with Gasteiger partial charge >= 0.3 is 0 Å². The quantitative estimate of drug-likeness (QED) is 0.594. The number of carbonyl (C=O) groups is 1. The summed E-state index contributed by atoms with van der Waals surface area (Å²) in [6.45, 7) is 7.79. The molecular weight excluding hydrogens is 238 g/mol. The predicted octanol–water partition coefficient (Wildman–Crippen LogP) is 3.88. The minimum atomic E-state index is -0.0853. The number of benzene rings is 1. The number of hydrogen-bond acceptors (Lipinski definition) is 2. The molecule has 1 rings (SSSR count). The van der Waals surface area contributed by atoms with E-state index in [1.54, 1.807) is 0 Å². The van der Waals surface area contributed by atoms with Gasteiger partial charge in [0.1, 0.15) is 0 Å². The molecule has 0 heterocycles. The summed E-state index contributed by atoms with van der Waals surface area (Å²) < 4.78 is 0. The number of nitrogens with zero attached hydrogens (tertiary/aromatic N) is 1. The van der Waals surface area contributed by atoms with Gasteiger partial charge in [-0.25, -0.2) is 5.06 Å². The summed E-state index contributed by atoms with van der Waals surface area (Å²) in [5.74, 6) is -0.0853. The number of carbonyl (C=O) groups excluding carboxylic acids is 1. The van der Waals surface area contributed by atoms with Crippen LogP contribution in [-0.4, -0.2) is 18.1 Å². The van der Waals surface area contributed by atoms with Crippen molar-refractivity contribution in [1.82, 2.24) is 5.06 Å². The molecule has 19 heavy (non-hydrogen) atoms. The summed E-state index contributed by atoms with van der Waals surface area (Å²) in [4.78, 5) is 17.0. The highest BCUT2D eigenvalue weighted by molar-refractivity contribution is 5.72. The first-order valence-corrected chi connectivity index (χ1v) is 6.49. The van der Waals surface area contributed by atoms with Crippen molar-refractivity contribution < 1.29 is 9.63 Å². The lowest BCUT2D eigenvalue weighted by molar-refractivity contribution is -0.187. The highest BCUT2D eigenvalue weighted by Gasteiger charge is 2.23. The third-order valence-electron chi connectivity index (χ3n) is 3.33. The third kappa shape index (κ3) is 4.21. The molecule has 0 aromatic heterocycles. The van der Waals surface area contributed by atoms with E-state index in [9.17, 15) is 4.79 Å². The van der Waals surface area contributed by atoms with Crippen molar-refractivity contribution in [3.8, 4) is 0 Å². The monoisotopic (exact) mass is 261 g/mol. The summed E-state index contributed by atoms with van der Waals surface area (Å²) in [5.41, 5.74) is 3.64. The van der Waals surface area contributed by atoms with Crippen LogP contribution in [0.15, 0.2) is 41.5 Å². The summed E-state index contributed by atoms with van der Waals surface area (Å²) in [6.07, 6.45) is 0.778. The highest BCUT2D eigenvalue weighted by atomic mass is 16.7. The van der Waals surface area contributed by atoms with Gasteiger partial charge in [-0.2, -0.15) is 0 Å². The Kier molecular flexibility index (Phi) is 5.77. The van der Waals surface area contributed by atoms with Gasteiger partial charge in [-0.3, -0.25) is 9.63 Å². The molecule has 0 saturated carbocycles. The number of allylic oxidation sites excluding steroid dienone is 1. The second kappa shape index (κ2) is 7.10. The van der Waals surface area contributed by atoms with Crippen molar-refractivity contribution >= 4 is 5.91 Å². The van der Waals surface area contributed by atoms with Crippen LogP contribution in [-0.2, 0) is 9.63 Å². The van der Waals surface area contributed by atoms with Crippen LogP contribution in [0, 0.1) is 0 Å². The molecule has 3 heteroatoms. The van der Waals surface area contributed by atoms with E-state index in [-0.39, 0.29) is 11.9 Å². The molecule has 0 aliphatic heterocycles. The molecule has 1 unspecified atom stereocenters. The van der Waals surface area contributed by atoms with Crippen LogP contribution in [0.2, 0.25) is 0 Å². The molecule has 0 N–H and O–H groups in total. The van der Waals surface area contributed by atoms with Crippen LogP contribution in [0.5, 0.6) is 0 Å². The molecule has 3 nitrogen and oxygen atoms in total. The second-order valence-electron chi connectivity index (χ2n) is 4.94. The molecule has 0 bridgehead atoms. The summed E-state index contributed by atoms with van der Waals surface area (Å²) in [7, 11) is 1.54. The maximum Gasteiger partial charge on any atom is 0.243 e. The standard InChI is InChI=1S/C16H23NO2/c1-12(2)13(3)11-16(17(19-5)14(4)18)15-9-7-6-8-10-15/h6-10,16H,11H2,1-5H3. The third-order valence-corrected chi connectivity index (χ3v) is 3.33. The Bertz CT molecular complexity index is 447. The van der Waals surface area contributed by atoms with Gasteiger partial charge in [0.2, 0.25) is 5.91 Å². The van der Waals surface area contributed by atoms with E-state index in [1.165, 1.54) is 30.2 Å². The Hall–Kier alpha value is -1.61. The molecule has 1 amide bonds. The van der Waals surface area contributed by atoms with Crippen LogP contribution < -0.4 is 0 Å². The molecule has 104 valence electrons. The molecule has 0 saturated heterocycles. The van der Waals surface area contributed by atoms with Crippen molar-refractivity contribution in [2.45, 2.75) is 40.2 Å². The lowest BCUT2D eigenvalue weighted by Gasteiger charge is -2.29. The van der Waals surface area contributed by atoms with E-state index in [1.807, 2.05) is 30.3 Å². The van der Waals surface area contributed by atoms with Crippen molar-refractivity contribution in [2.24, 2.45) is 0 Å². The number of hydrogen-bond donors (Lipinski definition) is 0. The highest BCUT2D eigenvalue weighted by Crippen LogP contribution is 2.28. The number of hydroxylamine groups is 2. The normalized spacial score (nSPS) is 11.8. The fourth-order valence-corrected chi connectivity index (χ4v) is 1.98. The summed E-state index contributed by atoms with van der Waals surface area (Å²) in [6, 6.07) is 9.90. The zero-order valence-electron chi connectivity index (χ0n) is 12.4. The molecule has 0 aliphatic carbocycles. The van der Waals surface area contributed by atoms with Crippen LogP contribution in [0.4, 0.5) is 0 Å². The van der Waals surface area contributed by atoms with E-state index >= 15 is 0 Å². The van der Waals surface area contributed by atoms with Gasteiger partial charge in [0.15, 0.2) is 0 Å². The van der Waals surface area contributed by atoms with Gasteiger partial charge in [0.25, 0.3) is 0 Å². The Balaban J connectivity index is 3.11. The molecular formula is C16H23NO2. The smallest absolute Gasteiger partial charge is 0.243 e. The Morgan fingerprint density at radius 3 is 2.16 bits per heavy atom. The number of rotatable bonds is 5. The zero-order valence-corrected chi connectivity index (χ0v) is 12.4. The molecule has 0 fully saturated rings. The Morgan fingerprint density at radius 2 is 1.74 bits per heavy atom. The summed E-state index contributed by atoms with van der Waals surface area (Å²) in [5, 5.41) is 1.45. The van der Waals surface area contributed by atoms with Crippen LogP contribution in [0.1, 0.15) is 45.7 Å². The van der Waals surface area contributed by atoms with Crippen LogP contribution >= 0.6 is 0 Å². The van der Waals surface area contributed by atoms with Gasteiger partial charge in [-0.05, 0) is 32.8 Å². The maximum absolute atomic E-state index is 11.7. The lowest BCUT2D eigenvalue weighted by Crippen LogP contribution is -2.32. The molecule has 1 atom stereocenters. The van der Waals surface area contributed by atoms with Crippen molar-refractivity contribution in [1.29, 1.82) is 0 Å². The van der Waals surface area contributed by atoms with E-state index in [2.05, 4.69) is 20.8 Å². The molecule has 0 aliphatic rings. The zero-order chi connectivity index (χ0) is 14.4. The van der Waals surface area contributed by atoms with Crippen molar-refractivity contribution in [2.75, 3.05) is 7.11 Å². The van der Waals surface area contributed by atoms with Gasteiger partial charge in [-0.15, -0.1) is 0 Å². The van der Waals surface area contributed by atoms with Crippen molar-refractivity contribution in [3.05, 3.63) is 47.0 Å². The van der Waals surface area contributed by atoms with E-state index in [0.29, 0.717) is 0 Å². The minimum Gasteiger partial charge on any atom is -0.274 e. The Labute approximate surface area is 115 Å². The minimum absolute atomic E-state index is 0.0846. The predicted molar refractivity (Wildman–Crippen MR) is 77.4 cm³/mol. The van der Waals surface area contributed by atoms with Crippen molar-refractivity contribution in [3.63, 3.8) is 0 Å². The van der Waals surface area contributed by atoms with Gasteiger partial charge in [0, 0.05) is 6.92 Å². The average molecular weight is 261 g/mol. The van der Waals surface area contributed by atoms with Gasteiger partial charge in [-0.1, -0.05) is 41.5 Å². The Morgan fingerprint density at radius 1 is 1.16 bits per heavy atom. The van der Waals surface area contributed by atoms with Crippen LogP contribution in [0.25, 0.3) is 0 Å².